The summed E-state index contributed by atoms with van der Waals surface area (Å²) in [6.07, 6.45) is 7.10. The third-order valence-electron chi connectivity index (χ3n) is 4.03. The molecule has 0 atom stereocenters. The van der Waals surface area contributed by atoms with E-state index in [4.69, 9.17) is 16.3 Å². The molecular formula is C18H22ClNO3. The van der Waals surface area contributed by atoms with Crippen LogP contribution >= 0.6 is 11.6 Å². The van der Waals surface area contributed by atoms with Crippen LogP contribution in [0.1, 0.15) is 38.2 Å². The summed E-state index contributed by atoms with van der Waals surface area (Å²) >= 11 is 5.99. The van der Waals surface area contributed by atoms with Gasteiger partial charge in [-0.2, -0.15) is 0 Å². The van der Waals surface area contributed by atoms with Crippen LogP contribution in [0.5, 0.6) is 0 Å². The Labute approximate surface area is 141 Å². The number of halogens is 1. The van der Waals surface area contributed by atoms with Crippen molar-refractivity contribution in [2.24, 2.45) is 5.92 Å². The number of hydrogen-bond acceptors (Lipinski definition) is 3. The van der Waals surface area contributed by atoms with Gasteiger partial charge in [-0.1, -0.05) is 36.7 Å². The van der Waals surface area contributed by atoms with E-state index in [2.05, 4.69) is 12.2 Å². The number of rotatable bonds is 5. The van der Waals surface area contributed by atoms with Crippen molar-refractivity contribution in [3.8, 4) is 0 Å². The molecule has 124 valence electrons. The summed E-state index contributed by atoms with van der Waals surface area (Å²) in [6, 6.07) is 7.38. The van der Waals surface area contributed by atoms with Crippen molar-refractivity contribution in [3.63, 3.8) is 0 Å². The molecule has 1 aliphatic carbocycles. The van der Waals surface area contributed by atoms with Gasteiger partial charge in [-0.25, -0.2) is 4.79 Å². The maximum atomic E-state index is 11.8. The van der Waals surface area contributed by atoms with E-state index in [0.717, 1.165) is 37.2 Å². The second-order valence-corrected chi connectivity index (χ2v) is 6.39. The summed E-state index contributed by atoms with van der Waals surface area (Å²) in [7, 11) is 0. The van der Waals surface area contributed by atoms with Gasteiger partial charge in [-0.3, -0.25) is 4.79 Å². The number of nitrogens with one attached hydrogen (secondary N) is 1. The molecule has 2 rings (SSSR count). The van der Waals surface area contributed by atoms with Crippen LogP contribution in [0.3, 0.4) is 0 Å². The van der Waals surface area contributed by atoms with E-state index < -0.39 is 5.97 Å². The molecule has 0 saturated heterocycles. The fraction of sp³-hybridized carbons (Fsp3) is 0.444. The molecule has 23 heavy (non-hydrogen) atoms. The number of ether oxygens (including phenoxy) is 1. The minimum absolute atomic E-state index is 0.205. The predicted octanol–water partition coefficient (Wildman–Crippen LogP) is 3.59. The van der Waals surface area contributed by atoms with Gasteiger partial charge in [0, 0.05) is 17.1 Å². The van der Waals surface area contributed by atoms with Gasteiger partial charge in [0.05, 0.1) is 0 Å². The third-order valence-corrected chi connectivity index (χ3v) is 4.37. The smallest absolute Gasteiger partial charge is 0.331 e. The number of amides is 1. The number of esters is 1. The van der Waals surface area contributed by atoms with E-state index in [1.165, 1.54) is 6.08 Å². The van der Waals surface area contributed by atoms with Crippen LogP contribution in [0.2, 0.25) is 5.02 Å². The average molecular weight is 336 g/mol. The fourth-order valence-electron chi connectivity index (χ4n) is 2.63. The fourth-order valence-corrected chi connectivity index (χ4v) is 2.83. The van der Waals surface area contributed by atoms with Crippen molar-refractivity contribution in [1.82, 2.24) is 5.32 Å². The molecule has 0 unspecified atom stereocenters. The number of benzene rings is 1. The molecule has 5 heteroatoms. The molecule has 1 N–H and O–H groups in total. The lowest BCUT2D eigenvalue weighted by atomic mass is 9.87. The van der Waals surface area contributed by atoms with Gasteiger partial charge in [0.1, 0.15) is 0 Å². The highest BCUT2D eigenvalue weighted by Crippen LogP contribution is 2.23. The third kappa shape index (κ3) is 6.06. The minimum Gasteiger partial charge on any atom is -0.452 e. The zero-order chi connectivity index (χ0) is 16.7. The van der Waals surface area contributed by atoms with Gasteiger partial charge in [0.2, 0.25) is 0 Å². The van der Waals surface area contributed by atoms with Crippen LogP contribution in [-0.4, -0.2) is 24.5 Å². The minimum atomic E-state index is -0.558. The molecular weight excluding hydrogens is 314 g/mol. The lowest BCUT2D eigenvalue weighted by molar-refractivity contribution is -0.144. The van der Waals surface area contributed by atoms with E-state index >= 15 is 0 Å². The Hall–Kier alpha value is -1.81. The quantitative estimate of drug-likeness (QED) is 0.661. The molecule has 1 amide bonds. The highest BCUT2D eigenvalue weighted by atomic mass is 35.5. The molecule has 0 bridgehead atoms. The lowest BCUT2D eigenvalue weighted by Crippen LogP contribution is -2.39. The first-order valence-electron chi connectivity index (χ1n) is 7.93. The topological polar surface area (TPSA) is 55.4 Å². The van der Waals surface area contributed by atoms with Crippen LogP contribution in [-0.2, 0) is 14.3 Å². The van der Waals surface area contributed by atoms with Crippen LogP contribution in [0, 0.1) is 5.92 Å². The maximum absolute atomic E-state index is 11.8. The van der Waals surface area contributed by atoms with Crippen molar-refractivity contribution in [2.75, 3.05) is 6.61 Å². The first-order valence-corrected chi connectivity index (χ1v) is 8.31. The van der Waals surface area contributed by atoms with Gasteiger partial charge in [0.25, 0.3) is 5.91 Å². The Morgan fingerprint density at radius 1 is 1.26 bits per heavy atom. The van der Waals surface area contributed by atoms with Crippen molar-refractivity contribution in [2.45, 2.75) is 38.6 Å². The van der Waals surface area contributed by atoms with Crippen molar-refractivity contribution in [1.29, 1.82) is 0 Å². The van der Waals surface area contributed by atoms with Crippen molar-refractivity contribution in [3.05, 3.63) is 40.9 Å². The predicted molar refractivity (Wildman–Crippen MR) is 91.0 cm³/mol. The molecule has 4 nitrogen and oxygen atoms in total. The van der Waals surface area contributed by atoms with E-state index in [-0.39, 0.29) is 18.6 Å². The average Bonchev–Trinajstić information content (AvgIpc) is 2.54. The second kappa shape index (κ2) is 8.73. The van der Waals surface area contributed by atoms with Gasteiger partial charge < -0.3 is 10.1 Å². The van der Waals surface area contributed by atoms with Crippen LogP contribution in [0.4, 0.5) is 0 Å². The normalized spacial score (nSPS) is 21.1. The number of hydrogen-bond donors (Lipinski definition) is 1. The Kier molecular flexibility index (Phi) is 6.66. The van der Waals surface area contributed by atoms with Crippen molar-refractivity contribution >= 4 is 29.6 Å². The van der Waals surface area contributed by atoms with Crippen LogP contribution < -0.4 is 5.32 Å². The molecule has 0 aliphatic heterocycles. The first kappa shape index (κ1) is 17.5. The van der Waals surface area contributed by atoms with E-state index in [9.17, 15) is 9.59 Å². The number of carbonyl (C=O) groups is 2. The molecule has 1 fully saturated rings. The standard InChI is InChI=1S/C18H22ClNO3/c1-13-6-9-15(10-7-13)20-17(21)12-23-18(22)11-8-14-4-2-3-5-16(14)19/h2-5,8,11,13,15H,6-7,9-10,12H2,1H3,(H,20,21)/b11-8+. The van der Waals surface area contributed by atoms with E-state index in [1.807, 2.05) is 12.1 Å². The molecule has 1 aliphatic rings. The van der Waals surface area contributed by atoms with Gasteiger partial charge in [0.15, 0.2) is 6.61 Å². The SMILES string of the molecule is CC1CCC(NC(=O)COC(=O)/C=C/c2ccccc2Cl)CC1. The Morgan fingerprint density at radius 2 is 1.96 bits per heavy atom. The maximum Gasteiger partial charge on any atom is 0.331 e. The molecule has 1 saturated carbocycles. The van der Waals surface area contributed by atoms with Gasteiger partial charge in [-0.05, 0) is 49.3 Å². The monoisotopic (exact) mass is 335 g/mol. The van der Waals surface area contributed by atoms with Gasteiger partial charge in [-0.15, -0.1) is 0 Å². The second-order valence-electron chi connectivity index (χ2n) is 5.99. The highest BCUT2D eigenvalue weighted by molar-refractivity contribution is 6.32. The summed E-state index contributed by atoms with van der Waals surface area (Å²) in [5.41, 5.74) is 0.729. The summed E-state index contributed by atoms with van der Waals surface area (Å²) in [6.45, 7) is 1.98. The van der Waals surface area contributed by atoms with Crippen LogP contribution in [0.15, 0.2) is 30.3 Å². The summed E-state index contributed by atoms with van der Waals surface area (Å²) in [5.74, 6) is -0.0719. The zero-order valence-electron chi connectivity index (χ0n) is 13.3. The van der Waals surface area contributed by atoms with Crippen LogP contribution in [0.25, 0.3) is 6.08 Å². The molecule has 0 heterocycles. The largest absolute Gasteiger partial charge is 0.452 e. The zero-order valence-corrected chi connectivity index (χ0v) is 14.0. The molecule has 1 aromatic carbocycles. The molecule has 0 aromatic heterocycles. The molecule has 1 aromatic rings. The lowest BCUT2D eigenvalue weighted by Gasteiger charge is -2.26. The summed E-state index contributed by atoms with van der Waals surface area (Å²) in [5, 5.41) is 3.47. The van der Waals surface area contributed by atoms with E-state index in [1.54, 1.807) is 18.2 Å². The highest BCUT2D eigenvalue weighted by Gasteiger charge is 2.19. The van der Waals surface area contributed by atoms with Gasteiger partial charge >= 0.3 is 5.97 Å². The van der Waals surface area contributed by atoms with Crippen molar-refractivity contribution < 1.29 is 14.3 Å². The Bertz CT molecular complexity index is 577. The molecule has 0 spiro atoms. The summed E-state index contributed by atoms with van der Waals surface area (Å²) < 4.78 is 4.95. The van der Waals surface area contributed by atoms with E-state index in [0.29, 0.717) is 5.02 Å². The molecule has 0 radical (unpaired) electrons. The Morgan fingerprint density at radius 3 is 2.65 bits per heavy atom. The Balaban J connectivity index is 1.71. The number of carbonyl (C=O) groups excluding carboxylic acids is 2. The summed E-state index contributed by atoms with van der Waals surface area (Å²) in [4.78, 5) is 23.4. The first-order chi connectivity index (χ1) is 11.0.